The number of esters is 1. The van der Waals surface area contributed by atoms with Crippen molar-refractivity contribution < 1.29 is 31.2 Å². The zero-order valence-electron chi connectivity index (χ0n) is 14.8. The van der Waals surface area contributed by atoms with Gasteiger partial charge in [-0.2, -0.15) is 0 Å². The van der Waals surface area contributed by atoms with Gasteiger partial charge in [-0.3, -0.25) is 19.6 Å². The van der Waals surface area contributed by atoms with Crippen molar-refractivity contribution in [3.63, 3.8) is 0 Å². The Balaban J connectivity index is 0.000000291. The van der Waals surface area contributed by atoms with Crippen LogP contribution in [0.2, 0.25) is 0 Å². The maximum atomic E-state index is 11.6. The van der Waals surface area contributed by atoms with Crippen molar-refractivity contribution in [2.24, 2.45) is 5.73 Å². The summed E-state index contributed by atoms with van der Waals surface area (Å²) in [6.07, 6.45) is 5.26. The minimum Gasteiger partial charge on any atom is -0.468 e. The number of methoxy groups -OCH3 is 1. The molecule has 2 N–H and O–H groups in total. The standard InChI is InChI=1S/C8H8BrNO4S.C7H7BrN2O3S/c1-14-8(11)5-15(12,13)7-2-6(9)3-10-4-7;8-5-1-6(3-10-2-5)14(12,13)4-7(9)11/h2-4H,5H2,1H3;1-3H,4H2,(H2,9,11). The van der Waals surface area contributed by atoms with E-state index in [1.807, 2.05) is 0 Å². The SMILES string of the molecule is COC(=O)CS(=O)(=O)c1cncc(Br)c1.NC(=O)CS(=O)(=O)c1cncc(Br)c1. The van der Waals surface area contributed by atoms with Crippen LogP contribution in [0.1, 0.15) is 0 Å². The summed E-state index contributed by atoms with van der Waals surface area (Å²) in [5.74, 6) is -3.06. The molecule has 0 saturated heterocycles. The van der Waals surface area contributed by atoms with Gasteiger partial charge in [-0.1, -0.05) is 0 Å². The molecule has 0 fully saturated rings. The van der Waals surface area contributed by atoms with E-state index in [4.69, 9.17) is 5.73 Å². The summed E-state index contributed by atoms with van der Waals surface area (Å²) in [6.45, 7) is 0. The van der Waals surface area contributed by atoms with Gasteiger partial charge in [0, 0.05) is 33.7 Å². The zero-order valence-corrected chi connectivity index (χ0v) is 19.6. The number of primary amides is 1. The van der Waals surface area contributed by atoms with E-state index in [0.717, 1.165) is 7.11 Å². The fourth-order valence-electron chi connectivity index (χ4n) is 1.69. The largest absolute Gasteiger partial charge is 0.468 e. The number of aromatic nitrogens is 2. The Morgan fingerprint density at radius 3 is 1.66 bits per heavy atom. The molecule has 0 aliphatic heterocycles. The van der Waals surface area contributed by atoms with Gasteiger partial charge in [-0.25, -0.2) is 16.8 Å². The van der Waals surface area contributed by atoms with Gasteiger partial charge in [0.1, 0.15) is 5.75 Å². The molecule has 0 unspecified atom stereocenters. The number of carbonyl (C=O) groups is 2. The van der Waals surface area contributed by atoms with E-state index >= 15 is 0 Å². The lowest BCUT2D eigenvalue weighted by Crippen LogP contribution is -2.23. The summed E-state index contributed by atoms with van der Waals surface area (Å²) in [6, 6.07) is 2.75. The fourth-order valence-corrected chi connectivity index (χ4v) is 4.92. The van der Waals surface area contributed by atoms with Gasteiger partial charge in [0.2, 0.25) is 5.91 Å². The van der Waals surface area contributed by atoms with Crippen LogP contribution in [0.15, 0.2) is 55.7 Å². The number of hydrogen-bond donors (Lipinski definition) is 1. The van der Waals surface area contributed by atoms with E-state index in [1.54, 1.807) is 0 Å². The van der Waals surface area contributed by atoms with Crippen LogP contribution in [0, 0.1) is 0 Å². The van der Waals surface area contributed by atoms with Crippen LogP contribution in [0.5, 0.6) is 0 Å². The van der Waals surface area contributed by atoms with Crippen LogP contribution in [-0.2, 0) is 34.0 Å². The van der Waals surface area contributed by atoms with Crippen LogP contribution in [0.4, 0.5) is 0 Å². The summed E-state index contributed by atoms with van der Waals surface area (Å²) in [5, 5.41) is 0. The Morgan fingerprint density at radius 1 is 0.897 bits per heavy atom. The van der Waals surface area contributed by atoms with Gasteiger partial charge >= 0.3 is 5.97 Å². The number of ether oxygens (including phenoxy) is 1. The average molecular weight is 573 g/mol. The highest BCUT2D eigenvalue weighted by molar-refractivity contribution is 9.10. The van der Waals surface area contributed by atoms with Gasteiger partial charge in [0.05, 0.1) is 16.9 Å². The molecule has 2 aromatic heterocycles. The summed E-state index contributed by atoms with van der Waals surface area (Å²) < 4.78 is 51.4. The minimum absolute atomic E-state index is 0.0118. The number of sulfone groups is 2. The summed E-state index contributed by atoms with van der Waals surface area (Å²) in [5.41, 5.74) is 4.80. The van der Waals surface area contributed by atoms with E-state index in [1.165, 1.54) is 36.9 Å². The van der Waals surface area contributed by atoms with Crippen molar-refractivity contribution in [3.05, 3.63) is 45.9 Å². The molecule has 0 radical (unpaired) electrons. The fraction of sp³-hybridized carbons (Fsp3) is 0.200. The molecule has 0 bridgehead atoms. The first-order valence-corrected chi connectivity index (χ1v) is 12.3. The second-order valence-electron chi connectivity index (χ2n) is 5.24. The predicted molar refractivity (Wildman–Crippen MR) is 109 cm³/mol. The van der Waals surface area contributed by atoms with Gasteiger partial charge in [-0.15, -0.1) is 0 Å². The maximum absolute atomic E-state index is 11.6. The molecule has 0 aliphatic carbocycles. The van der Waals surface area contributed by atoms with E-state index in [9.17, 15) is 26.4 Å². The number of pyridine rings is 2. The van der Waals surface area contributed by atoms with Crippen LogP contribution >= 0.6 is 31.9 Å². The number of hydrogen-bond acceptors (Lipinski definition) is 9. The Labute approximate surface area is 184 Å². The topological polar surface area (TPSA) is 163 Å². The van der Waals surface area contributed by atoms with Gasteiger partial charge in [0.25, 0.3) is 0 Å². The molecule has 2 aromatic rings. The zero-order chi connectivity index (χ0) is 22.2. The van der Waals surface area contributed by atoms with Crippen LogP contribution in [0.3, 0.4) is 0 Å². The Kier molecular flexibility index (Phi) is 9.32. The van der Waals surface area contributed by atoms with E-state index in [-0.39, 0.29) is 9.79 Å². The molecule has 10 nitrogen and oxygen atoms in total. The van der Waals surface area contributed by atoms with Gasteiger partial charge < -0.3 is 10.5 Å². The molecule has 0 atom stereocenters. The lowest BCUT2D eigenvalue weighted by atomic mass is 10.5. The molecule has 0 saturated carbocycles. The van der Waals surface area contributed by atoms with E-state index < -0.39 is 43.1 Å². The second-order valence-corrected chi connectivity index (χ2v) is 11.0. The molecule has 2 rings (SSSR count). The monoisotopic (exact) mass is 571 g/mol. The molecule has 14 heteroatoms. The summed E-state index contributed by atoms with van der Waals surface area (Å²) >= 11 is 6.17. The first-order chi connectivity index (χ1) is 13.4. The normalized spacial score (nSPS) is 11.1. The van der Waals surface area contributed by atoms with Crippen molar-refractivity contribution in [1.29, 1.82) is 0 Å². The molecule has 0 spiro atoms. The van der Waals surface area contributed by atoms with Gasteiger partial charge in [0.15, 0.2) is 25.4 Å². The first-order valence-electron chi connectivity index (χ1n) is 7.39. The molecule has 29 heavy (non-hydrogen) atoms. The third-order valence-corrected chi connectivity index (χ3v) is 6.98. The van der Waals surface area contributed by atoms with E-state index in [2.05, 4.69) is 46.6 Å². The lowest BCUT2D eigenvalue weighted by molar-refractivity contribution is -0.137. The smallest absolute Gasteiger partial charge is 0.321 e. The Hall–Kier alpha value is -1.90. The van der Waals surface area contributed by atoms with Crippen molar-refractivity contribution in [2.75, 3.05) is 18.6 Å². The quantitative estimate of drug-likeness (QED) is 0.495. The molecular weight excluding hydrogens is 558 g/mol. The lowest BCUT2D eigenvalue weighted by Gasteiger charge is -2.02. The Morgan fingerprint density at radius 2 is 1.31 bits per heavy atom. The van der Waals surface area contributed by atoms with Crippen molar-refractivity contribution >= 4 is 63.4 Å². The number of nitrogens with two attached hydrogens (primary N) is 1. The summed E-state index contributed by atoms with van der Waals surface area (Å²) in [7, 11) is -6.17. The van der Waals surface area contributed by atoms with Crippen LogP contribution < -0.4 is 5.73 Å². The number of rotatable bonds is 6. The first kappa shape index (κ1) is 25.1. The number of amides is 1. The maximum Gasteiger partial charge on any atom is 0.321 e. The van der Waals surface area contributed by atoms with Crippen LogP contribution in [-0.4, -0.2) is 57.3 Å². The Bertz CT molecular complexity index is 1110. The highest BCUT2D eigenvalue weighted by Gasteiger charge is 2.20. The predicted octanol–water partition coefficient (Wildman–Crippen LogP) is 0.894. The number of nitrogens with zero attached hydrogens (tertiary/aromatic N) is 2. The van der Waals surface area contributed by atoms with Crippen molar-refractivity contribution in [3.8, 4) is 0 Å². The highest BCUT2D eigenvalue weighted by atomic mass is 79.9. The summed E-state index contributed by atoms with van der Waals surface area (Å²) in [4.78, 5) is 28.7. The highest BCUT2D eigenvalue weighted by Crippen LogP contribution is 2.16. The molecule has 2 heterocycles. The van der Waals surface area contributed by atoms with E-state index in [0.29, 0.717) is 8.95 Å². The molecule has 1 amide bonds. The average Bonchev–Trinajstić information content (AvgIpc) is 2.61. The molecule has 0 aliphatic rings. The third kappa shape index (κ3) is 8.55. The third-order valence-electron chi connectivity index (χ3n) is 2.95. The number of halogens is 2. The minimum atomic E-state index is -3.66. The van der Waals surface area contributed by atoms with Crippen molar-refractivity contribution in [1.82, 2.24) is 9.97 Å². The molecule has 158 valence electrons. The van der Waals surface area contributed by atoms with Crippen molar-refractivity contribution in [2.45, 2.75) is 9.79 Å². The second kappa shape index (κ2) is 10.8. The van der Waals surface area contributed by atoms with Crippen LogP contribution in [0.25, 0.3) is 0 Å². The molecular formula is C15H15Br2N3O7S2. The molecule has 0 aromatic carbocycles. The number of carbonyl (C=O) groups excluding carboxylic acids is 2. The van der Waals surface area contributed by atoms with Gasteiger partial charge in [-0.05, 0) is 44.0 Å².